The van der Waals surface area contributed by atoms with Gasteiger partial charge >= 0.3 is 27.7 Å². The van der Waals surface area contributed by atoms with E-state index in [9.17, 15) is 22.1 Å². The molecule has 0 bridgehead atoms. The van der Waals surface area contributed by atoms with Gasteiger partial charge in [0.1, 0.15) is 0 Å². The molecule has 0 aliphatic heterocycles. The van der Waals surface area contributed by atoms with Crippen LogP contribution in [0, 0.1) is 6.42 Å². The van der Waals surface area contributed by atoms with Crippen molar-refractivity contribution < 1.29 is 47.2 Å². The number of halogens is 4. The molecule has 0 N–H and O–H groups in total. The second-order valence-corrected chi connectivity index (χ2v) is 9.62. The van der Waals surface area contributed by atoms with E-state index in [1.54, 1.807) is 14.0 Å². The Morgan fingerprint density at radius 3 is 1.92 bits per heavy atom. The van der Waals surface area contributed by atoms with E-state index in [0.29, 0.717) is 29.2 Å². The molecule has 3 nitrogen and oxygen atoms in total. The quantitative estimate of drug-likeness (QED) is 0.0789. The number of para-hydroxylation sites is 1. The third-order valence-corrected chi connectivity index (χ3v) is 5.84. The molecule has 1 aliphatic rings. The number of methoxy groups -OCH3 is 1. The van der Waals surface area contributed by atoms with Gasteiger partial charge in [0.2, 0.25) is 5.78 Å². The molecule has 0 spiro atoms. The van der Waals surface area contributed by atoms with Crippen LogP contribution in [-0.4, -0.2) is 32.0 Å². The number of nitrogens with zero attached hydrogens (tertiary/aromatic N) is 1. The van der Waals surface area contributed by atoms with Crippen LogP contribution < -0.4 is 0 Å². The van der Waals surface area contributed by atoms with Crippen LogP contribution in [0.25, 0.3) is 0 Å². The van der Waals surface area contributed by atoms with Crippen molar-refractivity contribution in [3.63, 3.8) is 0 Å². The molecule has 0 saturated heterocycles. The summed E-state index contributed by atoms with van der Waals surface area (Å²) in [5.74, 6) is 0.720. The van der Waals surface area contributed by atoms with Crippen LogP contribution in [0.15, 0.2) is 65.7 Å². The molecule has 2 aromatic rings. The summed E-state index contributed by atoms with van der Waals surface area (Å²) < 4.78 is 44.2. The Hall–Kier alpha value is -2.07. The van der Waals surface area contributed by atoms with Crippen molar-refractivity contribution in [3.05, 3.63) is 83.8 Å². The van der Waals surface area contributed by atoms with Crippen molar-refractivity contribution in [2.75, 3.05) is 7.11 Å². The van der Waals surface area contributed by atoms with Crippen LogP contribution in [0.4, 0.5) is 23.0 Å². The molecule has 218 valence electrons. The van der Waals surface area contributed by atoms with Gasteiger partial charge in [-0.05, 0) is 36.3 Å². The third kappa shape index (κ3) is 15.3. The van der Waals surface area contributed by atoms with E-state index < -0.39 is 7.25 Å². The summed E-state index contributed by atoms with van der Waals surface area (Å²) in [6, 6.07) is 15.6. The van der Waals surface area contributed by atoms with E-state index >= 15 is 0 Å². The normalized spacial score (nSPS) is 16.5. The van der Waals surface area contributed by atoms with Crippen LogP contribution in [0.1, 0.15) is 93.6 Å². The van der Waals surface area contributed by atoms with Crippen LogP contribution in [0.2, 0.25) is 0 Å². The first-order valence-corrected chi connectivity index (χ1v) is 13.0. The number of hydrogen-bond donors (Lipinski definition) is 0. The van der Waals surface area contributed by atoms with Gasteiger partial charge in [-0.25, -0.2) is 4.99 Å². The Bertz CT molecular complexity index is 1010. The summed E-state index contributed by atoms with van der Waals surface area (Å²) in [6.45, 7) is 10.4. The molecule has 0 aromatic heterocycles. The summed E-state index contributed by atoms with van der Waals surface area (Å²) in [4.78, 5) is 17.3. The first kappa shape index (κ1) is 36.9. The average Bonchev–Trinajstić information content (AvgIpc) is 2.83. The SMILES string of the molecule is CC(=Nc1c(C(C)C)cccc1C(C)C)C(=O)c1ccccc1.COC1[CH-]CC/C=C\CC1.F[B-](F)(F)F.[Pd+2]. The number of ether oxygens (including phenoxy) is 1. The number of benzene rings is 2. The topological polar surface area (TPSA) is 38.7 Å². The predicted octanol–water partition coefficient (Wildman–Crippen LogP) is 9.54. The molecule has 1 atom stereocenters. The average molecular weight is 640 g/mol. The van der Waals surface area contributed by atoms with Gasteiger partial charge in [-0.15, -0.1) is 0 Å². The van der Waals surface area contributed by atoms with E-state index in [2.05, 4.69) is 64.5 Å². The van der Waals surface area contributed by atoms with Gasteiger partial charge < -0.3 is 22.0 Å². The van der Waals surface area contributed by atoms with Gasteiger partial charge in [-0.3, -0.25) is 11.2 Å². The van der Waals surface area contributed by atoms with Crippen LogP contribution in [0.5, 0.6) is 0 Å². The van der Waals surface area contributed by atoms with Gasteiger partial charge in [-0.1, -0.05) is 107 Å². The standard InChI is InChI=1S/C21H25NO.C9H15O.BF4.Pd/c1-14(2)18-12-9-13-19(15(3)4)20(18)22-16(5)21(23)17-10-7-6-8-11-17;1-10-9-7-5-3-2-4-6-8-9;2-1(3,4)5;/h6-15H,1-5H3;2-3,8-9H,4-7H2,1H3;;/q;2*-1;+2/b;3-2-;;. The van der Waals surface area contributed by atoms with Crippen molar-refractivity contribution in [2.24, 2.45) is 4.99 Å². The molecule has 0 amide bonds. The van der Waals surface area contributed by atoms with Crippen molar-refractivity contribution in [1.82, 2.24) is 0 Å². The number of Topliss-reactive ketones (excluding diaryl/α,β-unsaturated/α-hetero) is 1. The molecule has 0 heterocycles. The number of carbonyl (C=O) groups is 1. The zero-order valence-corrected chi connectivity index (χ0v) is 25.1. The molecule has 1 unspecified atom stereocenters. The monoisotopic (exact) mass is 639 g/mol. The van der Waals surface area contributed by atoms with Gasteiger partial charge in [0.25, 0.3) is 0 Å². The summed E-state index contributed by atoms with van der Waals surface area (Å²) >= 11 is 0. The number of ketones is 1. The third-order valence-electron chi connectivity index (χ3n) is 5.84. The summed E-state index contributed by atoms with van der Waals surface area (Å²) in [5, 5.41) is 0. The molecule has 2 aromatic carbocycles. The van der Waals surface area contributed by atoms with Gasteiger partial charge in [-0.2, -0.15) is 6.42 Å². The summed E-state index contributed by atoms with van der Waals surface area (Å²) in [6.07, 6.45) is 11.8. The van der Waals surface area contributed by atoms with E-state index in [0.717, 1.165) is 24.9 Å². The zero-order valence-electron chi connectivity index (χ0n) is 23.6. The Kier molecular flexibility index (Phi) is 18.1. The summed E-state index contributed by atoms with van der Waals surface area (Å²) in [7, 11) is -4.22. The minimum absolute atomic E-state index is 0. The Morgan fingerprint density at radius 2 is 1.44 bits per heavy atom. The van der Waals surface area contributed by atoms with Crippen LogP contribution in [-0.2, 0) is 25.2 Å². The molecule has 0 saturated carbocycles. The van der Waals surface area contributed by atoms with Crippen molar-refractivity contribution in [3.8, 4) is 0 Å². The predicted molar refractivity (Wildman–Crippen MR) is 151 cm³/mol. The number of allylic oxidation sites excluding steroid dienone is 2. The fraction of sp³-hybridized carbons (Fsp3) is 0.433. The molecule has 0 radical (unpaired) electrons. The van der Waals surface area contributed by atoms with Crippen LogP contribution in [0.3, 0.4) is 0 Å². The molecule has 39 heavy (non-hydrogen) atoms. The minimum Gasteiger partial charge on any atom is -0.418 e. The summed E-state index contributed by atoms with van der Waals surface area (Å²) in [5.41, 5.74) is 4.56. The smallest absolute Gasteiger partial charge is 0.418 e. The number of rotatable bonds is 6. The number of carbonyl (C=O) groups excluding carboxylic acids is 1. The molecule has 3 rings (SSSR count). The molecular weight excluding hydrogens is 600 g/mol. The Labute approximate surface area is 245 Å². The maximum absolute atomic E-state index is 12.6. The van der Waals surface area contributed by atoms with Crippen molar-refractivity contribution in [1.29, 1.82) is 0 Å². The number of hydrogen-bond acceptors (Lipinski definition) is 3. The molecule has 0 fully saturated rings. The van der Waals surface area contributed by atoms with E-state index in [1.165, 1.54) is 17.5 Å². The van der Waals surface area contributed by atoms with Crippen molar-refractivity contribution in [2.45, 2.75) is 78.2 Å². The molecule has 1 aliphatic carbocycles. The molecular formula is C30H40BF4NO2Pd. The molecule has 9 heteroatoms. The zero-order chi connectivity index (χ0) is 28.7. The second-order valence-electron chi connectivity index (χ2n) is 9.62. The minimum atomic E-state index is -6.00. The second kappa shape index (κ2) is 19.1. The fourth-order valence-electron chi connectivity index (χ4n) is 3.86. The van der Waals surface area contributed by atoms with Crippen LogP contribution >= 0.6 is 0 Å². The first-order valence-electron chi connectivity index (χ1n) is 13.0. The van der Waals surface area contributed by atoms with E-state index in [-0.39, 0.29) is 26.2 Å². The van der Waals surface area contributed by atoms with Gasteiger partial charge in [0.05, 0.1) is 11.4 Å². The van der Waals surface area contributed by atoms with Gasteiger partial charge in [0.15, 0.2) is 0 Å². The Morgan fingerprint density at radius 1 is 0.923 bits per heavy atom. The maximum Gasteiger partial charge on any atom is 2.00 e. The first-order chi connectivity index (χ1) is 17.8. The Balaban J connectivity index is 0.000000746. The van der Waals surface area contributed by atoms with E-state index in [1.807, 2.05) is 30.3 Å². The van der Waals surface area contributed by atoms with E-state index in [4.69, 9.17) is 9.73 Å². The maximum atomic E-state index is 12.6. The van der Waals surface area contributed by atoms with Gasteiger partial charge in [0, 0.05) is 12.7 Å². The fourth-order valence-corrected chi connectivity index (χ4v) is 3.86. The number of aliphatic imine (C=N–C) groups is 1. The largest absolute Gasteiger partial charge is 2.00 e. The van der Waals surface area contributed by atoms with Crippen molar-refractivity contribution >= 4 is 24.4 Å².